The molecule has 3 heteroatoms. The Labute approximate surface area is 111 Å². The van der Waals surface area contributed by atoms with Gasteiger partial charge in [-0.05, 0) is 43.7 Å². The van der Waals surface area contributed by atoms with Crippen molar-refractivity contribution >= 4 is 10.9 Å². The summed E-state index contributed by atoms with van der Waals surface area (Å²) < 4.78 is 0. The third kappa shape index (κ3) is 2.15. The first-order valence-electron chi connectivity index (χ1n) is 6.18. The van der Waals surface area contributed by atoms with E-state index in [1.807, 2.05) is 50.2 Å². The van der Waals surface area contributed by atoms with Crippen LogP contribution in [0, 0.1) is 13.8 Å². The van der Waals surface area contributed by atoms with Crippen LogP contribution in [0.15, 0.2) is 42.5 Å². The van der Waals surface area contributed by atoms with Crippen molar-refractivity contribution in [2.45, 2.75) is 13.8 Å². The van der Waals surface area contributed by atoms with Gasteiger partial charge in [-0.3, -0.25) is 4.98 Å². The molecule has 0 amide bonds. The molecule has 94 valence electrons. The lowest BCUT2D eigenvalue weighted by molar-refractivity contribution is 0.481. The summed E-state index contributed by atoms with van der Waals surface area (Å²) in [5, 5.41) is 10.9. The van der Waals surface area contributed by atoms with E-state index in [0.717, 1.165) is 27.9 Å². The quantitative estimate of drug-likeness (QED) is 0.717. The molecule has 1 aromatic carbocycles. The van der Waals surface area contributed by atoms with Crippen LogP contribution in [-0.2, 0) is 0 Å². The van der Waals surface area contributed by atoms with Crippen LogP contribution in [-0.4, -0.2) is 15.1 Å². The molecule has 2 aromatic heterocycles. The van der Waals surface area contributed by atoms with Gasteiger partial charge in [0, 0.05) is 17.1 Å². The van der Waals surface area contributed by atoms with Crippen molar-refractivity contribution in [2.75, 3.05) is 0 Å². The summed E-state index contributed by atoms with van der Waals surface area (Å²) in [6.07, 6.45) is 0. The fourth-order valence-corrected chi connectivity index (χ4v) is 2.14. The van der Waals surface area contributed by atoms with Crippen LogP contribution >= 0.6 is 0 Å². The fourth-order valence-electron chi connectivity index (χ4n) is 2.14. The molecule has 0 aliphatic rings. The average molecular weight is 250 g/mol. The summed E-state index contributed by atoms with van der Waals surface area (Å²) in [6.45, 7) is 3.95. The molecule has 0 saturated carbocycles. The van der Waals surface area contributed by atoms with E-state index in [-0.39, 0.29) is 5.75 Å². The van der Waals surface area contributed by atoms with Gasteiger partial charge in [0.1, 0.15) is 5.75 Å². The molecule has 0 unspecified atom stereocenters. The predicted octanol–water partition coefficient (Wildman–Crippen LogP) is 3.62. The SMILES string of the molecule is Cc1ccc2c(O)cc(-c3cccc(C)n3)nc2c1. The van der Waals surface area contributed by atoms with Gasteiger partial charge in [0.25, 0.3) is 0 Å². The highest BCUT2D eigenvalue weighted by Crippen LogP contribution is 2.28. The summed E-state index contributed by atoms with van der Waals surface area (Å²) in [5.41, 5.74) is 4.31. The first-order valence-corrected chi connectivity index (χ1v) is 6.18. The minimum atomic E-state index is 0.239. The molecule has 19 heavy (non-hydrogen) atoms. The Balaban J connectivity index is 2.25. The van der Waals surface area contributed by atoms with Crippen LogP contribution in [0.3, 0.4) is 0 Å². The lowest BCUT2D eigenvalue weighted by Gasteiger charge is -2.06. The first kappa shape index (κ1) is 11.7. The van der Waals surface area contributed by atoms with E-state index in [0.29, 0.717) is 5.69 Å². The van der Waals surface area contributed by atoms with Gasteiger partial charge in [0.05, 0.1) is 16.9 Å². The largest absolute Gasteiger partial charge is 0.507 e. The summed E-state index contributed by atoms with van der Waals surface area (Å²) in [4.78, 5) is 9.03. The zero-order valence-electron chi connectivity index (χ0n) is 10.9. The first-order chi connectivity index (χ1) is 9.13. The number of pyridine rings is 2. The molecule has 0 aliphatic carbocycles. The van der Waals surface area contributed by atoms with Crippen molar-refractivity contribution in [2.24, 2.45) is 0 Å². The number of benzene rings is 1. The number of fused-ring (bicyclic) bond motifs is 1. The molecule has 0 radical (unpaired) electrons. The molecule has 1 N–H and O–H groups in total. The molecule has 3 aromatic rings. The fraction of sp³-hybridized carbons (Fsp3) is 0.125. The van der Waals surface area contributed by atoms with Gasteiger partial charge in [-0.25, -0.2) is 4.98 Å². The lowest BCUT2D eigenvalue weighted by atomic mass is 10.1. The normalized spacial score (nSPS) is 10.8. The van der Waals surface area contributed by atoms with Crippen molar-refractivity contribution in [3.05, 3.63) is 53.7 Å². The molecule has 0 bridgehead atoms. The van der Waals surface area contributed by atoms with E-state index < -0.39 is 0 Å². The number of aryl methyl sites for hydroxylation is 2. The Morgan fingerprint density at radius 2 is 1.74 bits per heavy atom. The van der Waals surface area contributed by atoms with E-state index in [1.54, 1.807) is 6.07 Å². The molecule has 2 heterocycles. The van der Waals surface area contributed by atoms with Gasteiger partial charge in [0.2, 0.25) is 0 Å². The Hall–Kier alpha value is -2.42. The maximum Gasteiger partial charge on any atom is 0.127 e. The topological polar surface area (TPSA) is 46.0 Å². The monoisotopic (exact) mass is 250 g/mol. The van der Waals surface area contributed by atoms with Crippen molar-refractivity contribution in [1.82, 2.24) is 9.97 Å². The van der Waals surface area contributed by atoms with Crippen LogP contribution in [0.5, 0.6) is 5.75 Å². The van der Waals surface area contributed by atoms with E-state index in [9.17, 15) is 5.11 Å². The predicted molar refractivity (Wildman–Crippen MR) is 76.1 cm³/mol. The minimum absolute atomic E-state index is 0.239. The second-order valence-electron chi connectivity index (χ2n) is 4.71. The molecular weight excluding hydrogens is 236 g/mol. The second-order valence-corrected chi connectivity index (χ2v) is 4.71. The smallest absolute Gasteiger partial charge is 0.127 e. The molecule has 0 saturated heterocycles. The van der Waals surface area contributed by atoms with E-state index >= 15 is 0 Å². The highest BCUT2D eigenvalue weighted by molar-refractivity contribution is 5.87. The van der Waals surface area contributed by atoms with Gasteiger partial charge >= 0.3 is 0 Å². The second kappa shape index (κ2) is 4.35. The van der Waals surface area contributed by atoms with E-state index in [2.05, 4.69) is 9.97 Å². The van der Waals surface area contributed by atoms with Crippen LogP contribution in [0.1, 0.15) is 11.3 Å². The number of aromatic nitrogens is 2. The van der Waals surface area contributed by atoms with E-state index in [4.69, 9.17) is 0 Å². The molecule has 0 spiro atoms. The summed E-state index contributed by atoms with van der Waals surface area (Å²) in [5.74, 6) is 0.239. The zero-order valence-corrected chi connectivity index (χ0v) is 10.9. The molecule has 0 aliphatic heterocycles. The Bertz CT molecular complexity index is 766. The number of rotatable bonds is 1. The van der Waals surface area contributed by atoms with Gasteiger partial charge in [-0.1, -0.05) is 12.1 Å². The summed E-state index contributed by atoms with van der Waals surface area (Å²) >= 11 is 0. The van der Waals surface area contributed by atoms with Crippen molar-refractivity contribution in [3.8, 4) is 17.1 Å². The van der Waals surface area contributed by atoms with Gasteiger partial charge in [-0.2, -0.15) is 0 Å². The third-order valence-corrected chi connectivity index (χ3v) is 3.09. The molecule has 0 fully saturated rings. The van der Waals surface area contributed by atoms with E-state index in [1.165, 1.54) is 0 Å². The van der Waals surface area contributed by atoms with Crippen LogP contribution in [0.25, 0.3) is 22.3 Å². The minimum Gasteiger partial charge on any atom is -0.507 e. The standard InChI is InChI=1S/C16H14N2O/c1-10-6-7-12-14(8-10)18-15(9-16(12)19)13-5-3-4-11(2)17-13/h3-9H,1-2H3,(H,18,19). The lowest BCUT2D eigenvalue weighted by Crippen LogP contribution is -1.91. The Kier molecular flexibility index (Phi) is 2.67. The third-order valence-electron chi connectivity index (χ3n) is 3.09. The number of hydrogen-bond donors (Lipinski definition) is 1. The number of nitrogens with zero attached hydrogens (tertiary/aromatic N) is 2. The van der Waals surface area contributed by atoms with Gasteiger partial charge < -0.3 is 5.11 Å². The zero-order chi connectivity index (χ0) is 13.4. The molecule has 0 atom stereocenters. The van der Waals surface area contributed by atoms with Gasteiger partial charge in [-0.15, -0.1) is 0 Å². The van der Waals surface area contributed by atoms with Crippen LogP contribution in [0.4, 0.5) is 0 Å². The Morgan fingerprint density at radius 1 is 0.895 bits per heavy atom. The maximum atomic E-state index is 10.1. The average Bonchev–Trinajstić information content (AvgIpc) is 2.38. The maximum absolute atomic E-state index is 10.1. The number of aromatic hydroxyl groups is 1. The summed E-state index contributed by atoms with van der Waals surface area (Å²) in [7, 11) is 0. The summed E-state index contributed by atoms with van der Waals surface area (Å²) in [6, 6.07) is 13.3. The number of hydrogen-bond acceptors (Lipinski definition) is 3. The highest BCUT2D eigenvalue weighted by atomic mass is 16.3. The van der Waals surface area contributed by atoms with Crippen molar-refractivity contribution in [1.29, 1.82) is 0 Å². The van der Waals surface area contributed by atoms with Crippen molar-refractivity contribution < 1.29 is 5.11 Å². The molecule has 3 rings (SSSR count). The molecule has 3 nitrogen and oxygen atoms in total. The Morgan fingerprint density at radius 3 is 2.53 bits per heavy atom. The molecular formula is C16H14N2O. The van der Waals surface area contributed by atoms with Crippen LogP contribution in [0.2, 0.25) is 0 Å². The van der Waals surface area contributed by atoms with Gasteiger partial charge in [0.15, 0.2) is 0 Å². The van der Waals surface area contributed by atoms with Crippen molar-refractivity contribution in [3.63, 3.8) is 0 Å². The van der Waals surface area contributed by atoms with Crippen LogP contribution < -0.4 is 0 Å². The highest BCUT2D eigenvalue weighted by Gasteiger charge is 2.08.